The maximum Gasteiger partial charge on any atom is 0.266 e. The third-order valence-electron chi connectivity index (χ3n) is 15.0. The number of anilines is 2. The van der Waals surface area contributed by atoms with Gasteiger partial charge >= 0.3 is 0 Å². The Morgan fingerprint density at radius 2 is 0.730 bits per heavy atom. The Morgan fingerprint density at radius 1 is 0.392 bits per heavy atom. The van der Waals surface area contributed by atoms with Gasteiger partial charge in [-0.1, -0.05) is 152 Å². The van der Waals surface area contributed by atoms with Gasteiger partial charge in [-0.2, -0.15) is 0 Å². The van der Waals surface area contributed by atoms with Gasteiger partial charge in [0.15, 0.2) is 0 Å². The molecule has 0 fully saturated rings. The van der Waals surface area contributed by atoms with Crippen LogP contribution in [0.2, 0.25) is 0 Å². The molecule has 0 unspecified atom stereocenters. The molecule has 2 aliphatic rings. The molecule has 2 heterocycles. The number of ether oxygens (including phenoxy) is 2. The summed E-state index contributed by atoms with van der Waals surface area (Å²) in [6.07, 6.45) is 4.68. The summed E-state index contributed by atoms with van der Waals surface area (Å²) in [6, 6.07) is 38.5. The highest BCUT2D eigenvalue weighted by Crippen LogP contribution is 2.54. The molecule has 2 aliphatic heterocycles. The first-order valence-electron chi connectivity index (χ1n) is 25.7. The van der Waals surface area contributed by atoms with Crippen LogP contribution in [-0.2, 0) is 12.8 Å². The minimum atomic E-state index is -0.463. The molecule has 9 aromatic rings. The normalized spacial score (nSPS) is 13.6. The molecule has 9 aromatic carbocycles. The second-order valence-electron chi connectivity index (χ2n) is 20.9. The Morgan fingerprint density at radius 3 is 1.07 bits per heavy atom. The van der Waals surface area contributed by atoms with E-state index < -0.39 is 23.6 Å². The van der Waals surface area contributed by atoms with Crippen LogP contribution < -0.4 is 19.3 Å². The minimum Gasteiger partial charge on any atom is -0.456 e. The van der Waals surface area contributed by atoms with Gasteiger partial charge in [-0.25, -0.2) is 9.80 Å². The van der Waals surface area contributed by atoms with Gasteiger partial charge in [-0.05, 0) is 117 Å². The fraction of sp³-hybridized carbons (Fsp3) is 0.212. The number of carbonyl (C=O) groups excluding carboxylic acids is 4. The number of hydrogen-bond acceptors (Lipinski definition) is 6. The van der Waals surface area contributed by atoms with Gasteiger partial charge in [0.1, 0.15) is 23.0 Å². The first-order chi connectivity index (χ1) is 35.7. The smallest absolute Gasteiger partial charge is 0.266 e. The van der Waals surface area contributed by atoms with E-state index in [4.69, 9.17) is 9.47 Å². The van der Waals surface area contributed by atoms with E-state index in [1.807, 2.05) is 121 Å². The van der Waals surface area contributed by atoms with Gasteiger partial charge in [0.05, 0.1) is 22.5 Å². The van der Waals surface area contributed by atoms with E-state index in [0.29, 0.717) is 113 Å². The number of hydrogen-bond donors (Lipinski definition) is 0. The largest absolute Gasteiger partial charge is 0.456 e. The summed E-state index contributed by atoms with van der Waals surface area (Å²) >= 11 is 0. The van der Waals surface area contributed by atoms with Crippen LogP contribution in [0.3, 0.4) is 0 Å². The molecule has 0 atom stereocenters. The van der Waals surface area contributed by atoms with Crippen molar-refractivity contribution in [3.8, 4) is 23.0 Å². The molecule has 0 bridgehead atoms. The molecule has 74 heavy (non-hydrogen) atoms. The summed E-state index contributed by atoms with van der Waals surface area (Å²) in [7, 11) is 0. The topological polar surface area (TPSA) is 93.2 Å². The van der Waals surface area contributed by atoms with Crippen molar-refractivity contribution < 1.29 is 28.7 Å². The molecular formula is C66H58N2O6. The fourth-order valence-corrected chi connectivity index (χ4v) is 11.6. The number of benzene rings is 9. The monoisotopic (exact) mass is 974 g/mol. The van der Waals surface area contributed by atoms with E-state index in [-0.39, 0.29) is 23.7 Å². The van der Waals surface area contributed by atoms with E-state index in [1.165, 1.54) is 9.80 Å². The van der Waals surface area contributed by atoms with Crippen molar-refractivity contribution in [1.82, 2.24) is 0 Å². The van der Waals surface area contributed by atoms with Crippen LogP contribution in [0.4, 0.5) is 11.4 Å². The molecule has 0 aromatic heterocycles. The molecule has 0 N–H and O–H groups in total. The van der Waals surface area contributed by atoms with Crippen molar-refractivity contribution in [3.05, 3.63) is 202 Å². The van der Waals surface area contributed by atoms with Crippen molar-refractivity contribution in [1.29, 1.82) is 0 Å². The van der Waals surface area contributed by atoms with Crippen molar-refractivity contribution in [2.75, 3.05) is 9.80 Å². The van der Waals surface area contributed by atoms with Crippen LogP contribution in [0.1, 0.15) is 154 Å². The maximum absolute atomic E-state index is 15.7. The predicted molar refractivity (Wildman–Crippen MR) is 300 cm³/mol. The molecule has 0 radical (unpaired) electrons. The van der Waals surface area contributed by atoms with Crippen molar-refractivity contribution >= 4 is 78.1 Å². The zero-order valence-corrected chi connectivity index (χ0v) is 43.2. The quantitative estimate of drug-likeness (QED) is 0.0466. The van der Waals surface area contributed by atoms with Crippen molar-refractivity contribution in [3.63, 3.8) is 0 Å². The van der Waals surface area contributed by atoms with E-state index in [0.717, 1.165) is 33.4 Å². The number of amides is 4. The van der Waals surface area contributed by atoms with Crippen LogP contribution in [0.5, 0.6) is 23.0 Å². The maximum atomic E-state index is 15.7. The summed E-state index contributed by atoms with van der Waals surface area (Å²) < 4.78 is 14.3. The SMILES string of the molecule is C=CCc1ccccc1Oc1cc2c3c(ccc4c5c(Oc6ccccc6CC=C)cc6c7c(ccc(c1c34)c75)C(=O)N(c1c(C(C)C)cccc1C(C)C)C6=O)C(=O)N(c1c(C(C)C)cccc1C(C)C)C2=O. The highest BCUT2D eigenvalue weighted by atomic mass is 16.5. The van der Waals surface area contributed by atoms with Crippen LogP contribution >= 0.6 is 0 Å². The van der Waals surface area contributed by atoms with Gasteiger partial charge in [0.2, 0.25) is 0 Å². The first-order valence-corrected chi connectivity index (χ1v) is 25.7. The minimum absolute atomic E-state index is 0.00279. The van der Waals surface area contributed by atoms with Crippen LogP contribution in [0.25, 0.3) is 43.1 Å². The summed E-state index contributed by atoms with van der Waals surface area (Å²) in [4.78, 5) is 65.1. The predicted octanol–water partition coefficient (Wildman–Crippen LogP) is 16.9. The number of allylic oxidation sites excluding steroid dienone is 2. The van der Waals surface area contributed by atoms with Gasteiger partial charge < -0.3 is 9.47 Å². The lowest BCUT2D eigenvalue weighted by atomic mass is 9.80. The molecule has 11 rings (SSSR count). The number of para-hydroxylation sites is 4. The average Bonchev–Trinajstić information content (AvgIpc) is 3.44. The summed E-state index contributed by atoms with van der Waals surface area (Å²) in [5, 5.41) is 4.80. The molecule has 0 saturated carbocycles. The van der Waals surface area contributed by atoms with Crippen LogP contribution in [0, 0.1) is 0 Å². The van der Waals surface area contributed by atoms with Gasteiger partial charge in [-0.15, -0.1) is 13.2 Å². The van der Waals surface area contributed by atoms with Crippen molar-refractivity contribution in [2.24, 2.45) is 0 Å². The second-order valence-corrected chi connectivity index (χ2v) is 20.9. The summed E-state index contributed by atoms with van der Waals surface area (Å²) in [6.45, 7) is 24.6. The fourth-order valence-electron chi connectivity index (χ4n) is 11.6. The molecular weight excluding hydrogens is 917 g/mol. The van der Waals surface area contributed by atoms with E-state index in [2.05, 4.69) is 68.5 Å². The lowest BCUT2D eigenvalue weighted by Crippen LogP contribution is -2.42. The highest BCUT2D eigenvalue weighted by molar-refractivity contribution is 6.47. The lowest BCUT2D eigenvalue weighted by molar-refractivity contribution is 0.0877. The molecule has 4 amide bonds. The lowest BCUT2D eigenvalue weighted by Gasteiger charge is -2.34. The summed E-state index contributed by atoms with van der Waals surface area (Å²) in [5.74, 6) is 0.117. The Balaban J connectivity index is 1.29. The number of imide groups is 2. The number of fused-ring (bicyclic) bond motifs is 2. The van der Waals surface area contributed by atoms with Gasteiger partial charge in [0.25, 0.3) is 23.6 Å². The number of rotatable bonds is 14. The highest BCUT2D eigenvalue weighted by Gasteiger charge is 2.42. The molecule has 8 nitrogen and oxygen atoms in total. The average molecular weight is 975 g/mol. The van der Waals surface area contributed by atoms with Crippen molar-refractivity contribution in [2.45, 2.75) is 91.9 Å². The molecule has 0 saturated heterocycles. The van der Waals surface area contributed by atoms with Crippen LogP contribution in [0.15, 0.2) is 147 Å². The Labute approximate surface area is 431 Å². The number of nitrogens with zero attached hydrogens (tertiary/aromatic N) is 2. The van der Waals surface area contributed by atoms with E-state index >= 15 is 19.2 Å². The zero-order valence-electron chi connectivity index (χ0n) is 43.2. The first kappa shape index (κ1) is 47.9. The van der Waals surface area contributed by atoms with Gasteiger partial charge in [-0.3, -0.25) is 19.2 Å². The molecule has 0 spiro atoms. The standard InChI is InChI=1S/C66H58N2O6/c1-11-19-39-21-13-15-27-51(39)73-53-33-49-55-47(63(69)67(65(49)71)61-41(35(3)4)23-17-24-42(61)36(5)6)32-30-46-58-54(74-52-28-16-14-22-40(52)20-12-2)34-50-56-48(31-29-45(60(56)58)57(53)59(46)55)64(70)68(66(50)72)62-43(37(7)8)25-18-26-44(62)38(9)10/h11-18,21-38H,1-2,19-20H2,3-10H3. The Hall–Kier alpha value is -8.36. The van der Waals surface area contributed by atoms with Gasteiger partial charge in [0, 0.05) is 43.4 Å². The molecule has 8 heteroatoms. The third-order valence-corrected chi connectivity index (χ3v) is 15.0. The molecule has 368 valence electrons. The number of carbonyl (C=O) groups is 4. The third kappa shape index (κ3) is 7.25. The Bertz CT molecular complexity index is 3590. The second kappa shape index (κ2) is 18.3. The summed E-state index contributed by atoms with van der Waals surface area (Å²) in [5.41, 5.74) is 7.89. The van der Waals surface area contributed by atoms with Crippen LogP contribution in [-0.4, -0.2) is 23.6 Å². The van der Waals surface area contributed by atoms with E-state index in [1.54, 1.807) is 12.1 Å². The zero-order chi connectivity index (χ0) is 52.0. The Kier molecular flexibility index (Phi) is 11.8. The van der Waals surface area contributed by atoms with E-state index in [9.17, 15) is 0 Å². The molecule has 0 aliphatic carbocycles.